The largest absolute Gasteiger partial charge is 0.478 e. The van der Waals surface area contributed by atoms with Crippen molar-refractivity contribution in [3.8, 4) is 0 Å². The van der Waals surface area contributed by atoms with E-state index < -0.39 is 12.0 Å². The molecule has 0 aliphatic rings. The van der Waals surface area contributed by atoms with Crippen molar-refractivity contribution >= 4 is 39.3 Å². The molecule has 0 saturated heterocycles. The Morgan fingerprint density at radius 1 is 1.29 bits per heavy atom. The van der Waals surface area contributed by atoms with Crippen LogP contribution in [0.25, 0.3) is 0 Å². The number of hydrogen-bond acceptors (Lipinski definition) is 3. The molecule has 2 rings (SSSR count). The molecule has 2 aromatic rings. The minimum absolute atomic E-state index is 0.00832. The minimum atomic E-state index is -1.12. The number of rotatable bonds is 3. The van der Waals surface area contributed by atoms with Crippen LogP contribution in [0.3, 0.4) is 0 Å². The number of carboxylic acid groups (broad SMARTS) is 1. The van der Waals surface area contributed by atoms with Crippen LogP contribution in [0.5, 0.6) is 0 Å². The highest BCUT2D eigenvalue weighted by Gasteiger charge is 2.15. The van der Waals surface area contributed by atoms with Gasteiger partial charge in [-0.05, 0) is 32.0 Å². The van der Waals surface area contributed by atoms with E-state index in [4.69, 9.17) is 5.11 Å². The number of carbonyl (C=O) groups is 2. The molecule has 0 fully saturated rings. The van der Waals surface area contributed by atoms with Gasteiger partial charge in [-0.1, -0.05) is 15.9 Å². The summed E-state index contributed by atoms with van der Waals surface area (Å²) >= 11 is 3.24. The molecule has 1 aromatic carbocycles. The molecule has 1 aromatic heterocycles. The normalized spacial score (nSPS) is 10.2. The Hall–Kier alpha value is -2.35. The number of nitrogens with one attached hydrogen (secondary N) is 3. The number of aryl methyl sites for hydroxylation is 2. The average Bonchev–Trinajstić information content (AvgIpc) is 2.70. The van der Waals surface area contributed by atoms with E-state index in [9.17, 15) is 9.59 Å². The van der Waals surface area contributed by atoms with Crippen molar-refractivity contribution in [2.24, 2.45) is 0 Å². The summed E-state index contributed by atoms with van der Waals surface area (Å²) < 4.78 is 0.665. The molecule has 0 bridgehead atoms. The second kappa shape index (κ2) is 5.96. The van der Waals surface area contributed by atoms with Gasteiger partial charge in [0.25, 0.3) is 0 Å². The van der Waals surface area contributed by atoms with Crippen LogP contribution in [0.1, 0.15) is 21.7 Å². The smallest absolute Gasteiger partial charge is 0.337 e. The van der Waals surface area contributed by atoms with Crippen molar-refractivity contribution < 1.29 is 14.7 Å². The molecule has 0 spiro atoms. The van der Waals surface area contributed by atoms with Gasteiger partial charge in [0.2, 0.25) is 0 Å². The summed E-state index contributed by atoms with van der Waals surface area (Å²) in [7, 11) is 0. The zero-order chi connectivity index (χ0) is 15.6. The maximum absolute atomic E-state index is 12.0. The van der Waals surface area contributed by atoms with E-state index in [0.29, 0.717) is 15.9 Å². The lowest BCUT2D eigenvalue weighted by molar-refractivity contribution is 0.0698. The summed E-state index contributed by atoms with van der Waals surface area (Å²) in [6.07, 6.45) is 0. The topological polar surface area (TPSA) is 107 Å². The molecule has 4 N–H and O–H groups in total. The van der Waals surface area contributed by atoms with Gasteiger partial charge in [-0.2, -0.15) is 5.10 Å². The van der Waals surface area contributed by atoms with Gasteiger partial charge < -0.3 is 15.7 Å². The zero-order valence-electron chi connectivity index (χ0n) is 11.3. The number of carboxylic acids is 1. The van der Waals surface area contributed by atoms with Crippen LogP contribution in [0, 0.1) is 13.8 Å². The highest BCUT2D eigenvalue weighted by atomic mass is 79.9. The van der Waals surface area contributed by atoms with E-state index in [1.165, 1.54) is 12.1 Å². The molecule has 21 heavy (non-hydrogen) atoms. The third-order valence-electron chi connectivity index (χ3n) is 2.83. The Bertz CT molecular complexity index is 692. The van der Waals surface area contributed by atoms with Crippen LogP contribution < -0.4 is 10.6 Å². The number of carbonyl (C=O) groups excluding carboxylic acids is 1. The van der Waals surface area contributed by atoms with Gasteiger partial charge in [-0.15, -0.1) is 0 Å². The van der Waals surface area contributed by atoms with Crippen molar-refractivity contribution in [1.82, 2.24) is 10.2 Å². The third-order valence-corrected chi connectivity index (χ3v) is 3.32. The first-order valence-electron chi connectivity index (χ1n) is 6.01. The summed E-state index contributed by atoms with van der Waals surface area (Å²) in [6.45, 7) is 3.53. The molecule has 0 atom stereocenters. The van der Waals surface area contributed by atoms with E-state index in [1.807, 2.05) is 0 Å². The Morgan fingerprint density at radius 3 is 2.57 bits per heavy atom. The molecule has 0 saturated carbocycles. The second-order valence-electron chi connectivity index (χ2n) is 4.38. The first kappa shape index (κ1) is 15.0. The van der Waals surface area contributed by atoms with Gasteiger partial charge in [0.05, 0.1) is 28.3 Å². The van der Waals surface area contributed by atoms with E-state index >= 15 is 0 Å². The van der Waals surface area contributed by atoms with Gasteiger partial charge in [0.1, 0.15) is 0 Å². The van der Waals surface area contributed by atoms with Crippen molar-refractivity contribution in [3.05, 3.63) is 39.6 Å². The quantitative estimate of drug-likeness (QED) is 0.680. The average molecular weight is 353 g/mol. The molecule has 1 heterocycles. The Balaban J connectivity index is 2.20. The molecular weight excluding hydrogens is 340 g/mol. The molecule has 110 valence electrons. The lowest BCUT2D eigenvalue weighted by Gasteiger charge is -2.10. The molecule has 0 radical (unpaired) electrons. The van der Waals surface area contributed by atoms with Crippen molar-refractivity contribution in [2.75, 3.05) is 10.6 Å². The second-order valence-corrected chi connectivity index (χ2v) is 5.30. The van der Waals surface area contributed by atoms with Gasteiger partial charge in [-0.25, -0.2) is 9.59 Å². The van der Waals surface area contributed by atoms with E-state index in [1.54, 1.807) is 19.9 Å². The summed E-state index contributed by atoms with van der Waals surface area (Å²) in [4.78, 5) is 23.1. The molecule has 8 heteroatoms. The minimum Gasteiger partial charge on any atom is -0.478 e. The fraction of sp³-hybridized carbons (Fsp3) is 0.154. The number of nitrogens with zero attached hydrogens (tertiary/aromatic N) is 1. The fourth-order valence-electron chi connectivity index (χ4n) is 1.81. The fourth-order valence-corrected chi connectivity index (χ4v) is 2.17. The highest BCUT2D eigenvalue weighted by Crippen LogP contribution is 2.22. The van der Waals surface area contributed by atoms with E-state index in [0.717, 1.165) is 5.69 Å². The van der Waals surface area contributed by atoms with Gasteiger partial charge in [0, 0.05) is 4.47 Å². The SMILES string of the molecule is Cc1n[nH]c(C)c1NC(=O)Nc1cc(Br)ccc1C(=O)O. The predicted octanol–water partition coefficient (Wildman–Crippen LogP) is 3.13. The third kappa shape index (κ3) is 3.40. The van der Waals surface area contributed by atoms with Crippen LogP contribution in [0.2, 0.25) is 0 Å². The number of anilines is 2. The van der Waals surface area contributed by atoms with Crippen molar-refractivity contribution in [3.63, 3.8) is 0 Å². The number of aromatic amines is 1. The van der Waals surface area contributed by atoms with Gasteiger partial charge in [-0.3, -0.25) is 5.10 Å². The molecule has 2 amide bonds. The van der Waals surface area contributed by atoms with E-state index in [-0.39, 0.29) is 11.3 Å². The molecule has 0 aliphatic heterocycles. The lowest BCUT2D eigenvalue weighted by Crippen LogP contribution is -2.21. The van der Waals surface area contributed by atoms with Crippen LogP contribution in [-0.4, -0.2) is 27.3 Å². The summed E-state index contributed by atoms with van der Waals surface area (Å²) in [6, 6.07) is 3.99. The number of H-pyrrole nitrogens is 1. The number of hydrogen-bond donors (Lipinski definition) is 4. The standard InChI is InChI=1S/C13H13BrN4O3/c1-6-11(7(2)18-17-6)16-13(21)15-10-5-8(14)3-4-9(10)12(19)20/h3-5H,1-2H3,(H,17,18)(H,19,20)(H2,15,16,21). The van der Waals surface area contributed by atoms with Crippen LogP contribution in [-0.2, 0) is 0 Å². The number of amides is 2. The Kier molecular flexibility index (Phi) is 4.27. The maximum atomic E-state index is 12.0. The molecule has 0 unspecified atom stereocenters. The lowest BCUT2D eigenvalue weighted by atomic mass is 10.2. The van der Waals surface area contributed by atoms with Gasteiger partial charge >= 0.3 is 12.0 Å². The van der Waals surface area contributed by atoms with Crippen LogP contribution in [0.15, 0.2) is 22.7 Å². The first-order chi connectivity index (χ1) is 9.88. The number of benzene rings is 1. The number of urea groups is 1. The predicted molar refractivity (Wildman–Crippen MR) is 81.8 cm³/mol. The molecular formula is C13H13BrN4O3. The zero-order valence-corrected chi connectivity index (χ0v) is 12.9. The van der Waals surface area contributed by atoms with Crippen molar-refractivity contribution in [1.29, 1.82) is 0 Å². The number of aromatic carboxylic acids is 1. The summed E-state index contributed by atoms with van der Waals surface area (Å²) in [5.74, 6) is -1.12. The number of aromatic nitrogens is 2. The highest BCUT2D eigenvalue weighted by molar-refractivity contribution is 9.10. The molecule has 7 nitrogen and oxygen atoms in total. The number of halogens is 1. The van der Waals surface area contributed by atoms with Crippen LogP contribution in [0.4, 0.5) is 16.2 Å². The first-order valence-corrected chi connectivity index (χ1v) is 6.80. The maximum Gasteiger partial charge on any atom is 0.337 e. The van der Waals surface area contributed by atoms with Crippen LogP contribution >= 0.6 is 15.9 Å². The summed E-state index contributed by atoms with van der Waals surface area (Å²) in [5.41, 5.74) is 2.15. The van der Waals surface area contributed by atoms with Gasteiger partial charge in [0.15, 0.2) is 0 Å². The monoisotopic (exact) mass is 352 g/mol. The van der Waals surface area contributed by atoms with Crippen molar-refractivity contribution in [2.45, 2.75) is 13.8 Å². The molecule has 0 aliphatic carbocycles. The van der Waals surface area contributed by atoms with E-state index in [2.05, 4.69) is 36.8 Å². The summed E-state index contributed by atoms with van der Waals surface area (Å²) in [5, 5.41) is 21.0. The Morgan fingerprint density at radius 2 is 2.00 bits per heavy atom. The Labute approximate surface area is 128 Å².